The van der Waals surface area contributed by atoms with E-state index < -0.39 is 5.79 Å². The molecule has 212 valence electrons. The summed E-state index contributed by atoms with van der Waals surface area (Å²) in [5.74, 6) is 1.10. The predicted octanol–water partition coefficient (Wildman–Crippen LogP) is 6.57. The first-order chi connectivity index (χ1) is 19.1. The fraction of sp³-hybridized carbons (Fsp3) is 0.515. The number of Topliss-reactive ketones (excluding diaryl/α,β-unsaturated/α-hetero) is 1. The van der Waals surface area contributed by atoms with Crippen LogP contribution in [-0.2, 0) is 11.2 Å². The fourth-order valence-corrected chi connectivity index (χ4v) is 7.86. The number of hydrogen-bond acceptors (Lipinski definition) is 6. The highest BCUT2D eigenvalue weighted by molar-refractivity contribution is 7.08. The molecule has 1 aromatic heterocycles. The molecular weight excluding hydrogens is 520 g/mol. The van der Waals surface area contributed by atoms with E-state index in [2.05, 4.69) is 48.8 Å². The Balaban J connectivity index is 1.37. The Labute approximate surface area is 241 Å². The highest BCUT2D eigenvalue weighted by Gasteiger charge is 2.49. The van der Waals surface area contributed by atoms with Gasteiger partial charge in [-0.25, -0.2) is 0 Å². The standard InChI is InChI=1S/C33H40N2O4S/c1-19-15-20(2)26(27(36)16-19)17-35-13-11-25-28(32(35)37)21(3)30-31(29(25)22-12-14-40-18-22)39-33(4,38-30)23-7-9-24(10-8-23)34(5)6/h12,14-15,18,23-24H,7-11,13,16-17H2,1-6H3. The predicted molar refractivity (Wildman–Crippen MR) is 159 cm³/mol. The van der Waals surface area contributed by atoms with E-state index in [-0.39, 0.29) is 17.6 Å². The molecule has 7 heteroatoms. The number of rotatable bonds is 5. The Kier molecular flexibility index (Phi) is 6.94. The van der Waals surface area contributed by atoms with Gasteiger partial charge in [-0.15, -0.1) is 0 Å². The van der Waals surface area contributed by atoms with Crippen molar-refractivity contribution in [1.82, 2.24) is 9.80 Å². The summed E-state index contributed by atoms with van der Waals surface area (Å²) in [6.07, 6.45) is 7.55. The number of carbonyl (C=O) groups excluding carboxylic acids is 2. The van der Waals surface area contributed by atoms with E-state index in [0.717, 1.165) is 70.4 Å². The van der Waals surface area contributed by atoms with Gasteiger partial charge in [-0.05, 0) is 100 Å². The van der Waals surface area contributed by atoms with E-state index in [9.17, 15) is 9.59 Å². The third kappa shape index (κ3) is 4.51. The minimum atomic E-state index is -0.761. The Hall–Kier alpha value is -2.90. The number of allylic oxidation sites excluding steroid dienone is 3. The lowest BCUT2D eigenvalue weighted by atomic mass is 9.81. The van der Waals surface area contributed by atoms with Gasteiger partial charge in [0.2, 0.25) is 0 Å². The molecule has 1 aromatic carbocycles. The monoisotopic (exact) mass is 560 g/mol. The zero-order valence-electron chi connectivity index (χ0n) is 24.6. The van der Waals surface area contributed by atoms with Crippen molar-refractivity contribution in [2.24, 2.45) is 5.92 Å². The second-order valence-electron chi connectivity index (χ2n) is 12.4. The Bertz CT molecular complexity index is 1430. The van der Waals surface area contributed by atoms with Crippen LogP contribution in [0, 0.1) is 12.8 Å². The second-order valence-corrected chi connectivity index (χ2v) is 13.2. The van der Waals surface area contributed by atoms with Gasteiger partial charge in [0.25, 0.3) is 11.7 Å². The van der Waals surface area contributed by atoms with Gasteiger partial charge in [0, 0.05) is 55.1 Å². The maximum absolute atomic E-state index is 14.2. The van der Waals surface area contributed by atoms with Crippen molar-refractivity contribution in [3.8, 4) is 22.6 Å². The highest BCUT2D eigenvalue weighted by Crippen LogP contribution is 2.55. The molecule has 6 rings (SSSR count). The van der Waals surface area contributed by atoms with E-state index in [1.807, 2.05) is 25.7 Å². The quantitative estimate of drug-likeness (QED) is 0.414. The Morgan fingerprint density at radius 1 is 1.05 bits per heavy atom. The van der Waals surface area contributed by atoms with Crippen LogP contribution in [-0.4, -0.2) is 60.5 Å². The molecule has 2 aromatic rings. The number of thiophene rings is 1. The van der Waals surface area contributed by atoms with Crippen LogP contribution in [0.4, 0.5) is 0 Å². The lowest BCUT2D eigenvalue weighted by Crippen LogP contribution is -2.46. The van der Waals surface area contributed by atoms with Gasteiger partial charge in [0.15, 0.2) is 17.3 Å². The number of carbonyl (C=O) groups is 2. The van der Waals surface area contributed by atoms with E-state index in [1.54, 1.807) is 11.3 Å². The van der Waals surface area contributed by atoms with Crippen LogP contribution in [0.3, 0.4) is 0 Å². The largest absolute Gasteiger partial charge is 0.448 e. The molecule has 0 bridgehead atoms. The van der Waals surface area contributed by atoms with Crippen LogP contribution in [0.5, 0.6) is 11.5 Å². The van der Waals surface area contributed by atoms with E-state index in [4.69, 9.17) is 9.47 Å². The molecule has 4 aliphatic rings. The zero-order valence-corrected chi connectivity index (χ0v) is 25.4. The molecule has 40 heavy (non-hydrogen) atoms. The molecule has 1 fully saturated rings. The summed E-state index contributed by atoms with van der Waals surface area (Å²) in [7, 11) is 4.32. The summed E-state index contributed by atoms with van der Waals surface area (Å²) in [6.45, 7) is 8.96. The molecule has 1 amide bonds. The molecule has 2 aliphatic heterocycles. The number of ether oxygens (including phenoxy) is 2. The molecule has 6 nitrogen and oxygen atoms in total. The first kappa shape index (κ1) is 27.3. The van der Waals surface area contributed by atoms with Crippen molar-refractivity contribution in [2.45, 2.75) is 78.0 Å². The van der Waals surface area contributed by atoms with Crippen LogP contribution >= 0.6 is 11.3 Å². The summed E-state index contributed by atoms with van der Waals surface area (Å²) < 4.78 is 13.6. The number of nitrogens with zero attached hydrogens (tertiary/aromatic N) is 2. The molecule has 0 N–H and O–H groups in total. The van der Waals surface area contributed by atoms with Gasteiger partial charge in [-0.2, -0.15) is 11.3 Å². The lowest BCUT2D eigenvalue weighted by Gasteiger charge is -2.39. The van der Waals surface area contributed by atoms with Crippen LogP contribution in [0.25, 0.3) is 11.1 Å². The van der Waals surface area contributed by atoms with Crippen LogP contribution in [0.2, 0.25) is 0 Å². The third-order valence-corrected chi connectivity index (χ3v) is 10.2. The second kappa shape index (κ2) is 10.2. The van der Waals surface area contributed by atoms with E-state index in [0.29, 0.717) is 43.3 Å². The van der Waals surface area contributed by atoms with Crippen molar-refractivity contribution in [2.75, 3.05) is 27.2 Å². The first-order valence-corrected chi connectivity index (χ1v) is 15.5. The Morgan fingerprint density at radius 2 is 1.77 bits per heavy atom. The van der Waals surface area contributed by atoms with Crippen molar-refractivity contribution in [3.63, 3.8) is 0 Å². The van der Waals surface area contributed by atoms with Crippen LogP contribution in [0.1, 0.15) is 74.4 Å². The minimum absolute atomic E-state index is 0.0268. The third-order valence-electron chi connectivity index (χ3n) is 9.54. The van der Waals surface area contributed by atoms with Crippen LogP contribution in [0.15, 0.2) is 39.6 Å². The molecule has 1 unspecified atom stereocenters. The highest BCUT2D eigenvalue weighted by atomic mass is 32.1. The number of benzene rings is 1. The number of fused-ring (bicyclic) bond motifs is 2. The summed E-state index contributed by atoms with van der Waals surface area (Å²) >= 11 is 1.65. The topological polar surface area (TPSA) is 59.1 Å². The molecule has 0 saturated heterocycles. The van der Waals surface area contributed by atoms with Gasteiger partial charge in [0.1, 0.15) is 0 Å². The average molecular weight is 561 g/mol. The smallest absolute Gasteiger partial charge is 0.254 e. The van der Waals surface area contributed by atoms with Crippen molar-refractivity contribution < 1.29 is 19.1 Å². The molecule has 2 aliphatic carbocycles. The van der Waals surface area contributed by atoms with Gasteiger partial charge in [-0.1, -0.05) is 11.6 Å². The molecule has 0 spiro atoms. The van der Waals surface area contributed by atoms with E-state index >= 15 is 0 Å². The summed E-state index contributed by atoms with van der Waals surface area (Å²) in [5.41, 5.74) is 7.46. The maximum Gasteiger partial charge on any atom is 0.254 e. The SMILES string of the molecule is CC1=CC(C)=C(CN2CCc3c(c(C)c4c(c3-c3ccsc3)OC(C)(C3CCC(N(C)C)CC3)O4)C2=O)C(=O)C1. The number of amides is 1. The van der Waals surface area contributed by atoms with Crippen molar-refractivity contribution >= 4 is 23.0 Å². The summed E-state index contributed by atoms with van der Waals surface area (Å²) in [4.78, 5) is 31.2. The van der Waals surface area contributed by atoms with Crippen LogP contribution < -0.4 is 9.47 Å². The molecule has 3 heterocycles. The number of hydrogen-bond donors (Lipinski definition) is 0. The number of ketones is 1. The minimum Gasteiger partial charge on any atom is -0.448 e. The van der Waals surface area contributed by atoms with Gasteiger partial charge in [0.05, 0.1) is 5.56 Å². The lowest BCUT2D eigenvalue weighted by molar-refractivity contribution is -0.123. The molecular formula is C33H40N2O4S. The Morgan fingerprint density at radius 3 is 2.42 bits per heavy atom. The van der Waals surface area contributed by atoms with Gasteiger partial charge >= 0.3 is 0 Å². The maximum atomic E-state index is 14.2. The van der Waals surface area contributed by atoms with Crippen molar-refractivity contribution in [1.29, 1.82) is 0 Å². The van der Waals surface area contributed by atoms with Crippen molar-refractivity contribution in [3.05, 3.63) is 56.3 Å². The molecule has 1 saturated carbocycles. The molecule has 0 radical (unpaired) electrons. The van der Waals surface area contributed by atoms with E-state index in [1.165, 1.54) is 0 Å². The zero-order chi connectivity index (χ0) is 28.3. The summed E-state index contributed by atoms with van der Waals surface area (Å²) in [6, 6.07) is 2.70. The normalized spacial score (nSPS) is 26.5. The van der Waals surface area contributed by atoms with Gasteiger partial charge in [-0.3, -0.25) is 9.59 Å². The molecule has 1 atom stereocenters. The van der Waals surface area contributed by atoms with Gasteiger partial charge < -0.3 is 19.3 Å². The summed E-state index contributed by atoms with van der Waals surface area (Å²) in [5, 5.41) is 4.20. The first-order valence-electron chi connectivity index (χ1n) is 14.5. The average Bonchev–Trinajstić information content (AvgIpc) is 3.56. The fourth-order valence-electron chi connectivity index (χ4n) is 7.22.